The molecule has 6 nitrogen and oxygen atoms in total. The third-order valence-corrected chi connectivity index (χ3v) is 5.49. The molecule has 2 N–H and O–H groups in total. The minimum absolute atomic E-state index is 0.232. The predicted molar refractivity (Wildman–Crippen MR) is 102 cm³/mol. The molecule has 0 spiro atoms. The average Bonchev–Trinajstić information content (AvgIpc) is 2.91. The molecule has 2 heterocycles. The highest BCUT2D eigenvalue weighted by atomic mass is 35.5. The number of aromatic nitrogens is 2. The summed E-state index contributed by atoms with van der Waals surface area (Å²) in [6.45, 7) is 3.03. The average molecular weight is 393 g/mol. The molecule has 3 aromatic rings. The van der Waals surface area contributed by atoms with Crippen molar-refractivity contribution < 1.29 is 14.4 Å². The molecule has 0 aliphatic heterocycles. The summed E-state index contributed by atoms with van der Waals surface area (Å²) in [6.07, 6.45) is 0. The molecule has 1 unspecified atom stereocenters. The smallest absolute Gasteiger partial charge is 0.348 e. The highest BCUT2D eigenvalue weighted by molar-refractivity contribution is 7.20. The number of carbonyl (C=O) groups is 1. The number of hydrogen-bond acceptors (Lipinski definition) is 5. The van der Waals surface area contributed by atoms with E-state index in [4.69, 9.17) is 16.3 Å². The Labute approximate surface area is 159 Å². The molecule has 0 saturated heterocycles. The number of nitrogens with zero attached hydrogens (tertiary/aromatic N) is 1. The summed E-state index contributed by atoms with van der Waals surface area (Å²) < 4.78 is 4.77. The lowest BCUT2D eigenvalue weighted by Gasteiger charge is -2.13. The van der Waals surface area contributed by atoms with E-state index in [1.807, 2.05) is 31.3 Å². The van der Waals surface area contributed by atoms with Crippen molar-refractivity contribution in [2.75, 3.05) is 14.2 Å². The summed E-state index contributed by atoms with van der Waals surface area (Å²) in [7, 11) is 3.34. The number of hydrogen-bond donors (Lipinski definition) is 2. The van der Waals surface area contributed by atoms with Gasteiger partial charge in [0.25, 0.3) is 5.56 Å². The molecule has 0 bridgehead atoms. The Morgan fingerprint density at radius 1 is 1.38 bits per heavy atom. The third-order valence-electron chi connectivity index (χ3n) is 4.08. The van der Waals surface area contributed by atoms with Gasteiger partial charge in [-0.05, 0) is 24.6 Å². The zero-order valence-electron chi connectivity index (χ0n) is 14.7. The van der Waals surface area contributed by atoms with Crippen LogP contribution >= 0.6 is 22.9 Å². The number of aryl methyl sites for hydroxylation is 1. The zero-order chi connectivity index (χ0) is 18.8. The van der Waals surface area contributed by atoms with Crippen LogP contribution in [-0.2, 0) is 17.8 Å². The molecule has 3 rings (SSSR count). The van der Waals surface area contributed by atoms with Crippen LogP contribution < -0.4 is 10.5 Å². The van der Waals surface area contributed by atoms with Gasteiger partial charge >= 0.3 is 5.97 Å². The van der Waals surface area contributed by atoms with Crippen LogP contribution in [0.1, 0.15) is 26.6 Å². The number of rotatable bonds is 5. The van der Waals surface area contributed by atoms with E-state index in [9.17, 15) is 9.59 Å². The van der Waals surface area contributed by atoms with Crippen molar-refractivity contribution in [2.24, 2.45) is 0 Å². The second-order valence-electron chi connectivity index (χ2n) is 6.18. The monoisotopic (exact) mass is 392 g/mol. The van der Waals surface area contributed by atoms with Crippen LogP contribution in [0, 0.1) is 6.92 Å². The van der Waals surface area contributed by atoms with E-state index >= 15 is 0 Å². The molecule has 2 aromatic heterocycles. The van der Waals surface area contributed by atoms with E-state index in [0.29, 0.717) is 38.0 Å². The van der Waals surface area contributed by atoms with Gasteiger partial charge in [0.15, 0.2) is 5.82 Å². The topological polar surface area (TPSA) is 76.5 Å². The Morgan fingerprint density at radius 3 is 2.85 bits per heavy atom. The van der Waals surface area contributed by atoms with Gasteiger partial charge in [0.2, 0.25) is 0 Å². The van der Waals surface area contributed by atoms with Crippen molar-refractivity contribution in [2.45, 2.75) is 20.0 Å². The quantitative estimate of drug-likeness (QED) is 0.651. The van der Waals surface area contributed by atoms with Crippen molar-refractivity contribution >= 4 is 39.1 Å². The largest absolute Gasteiger partial charge is 0.465 e. The van der Waals surface area contributed by atoms with Crippen molar-refractivity contribution in [3.8, 4) is 0 Å². The highest BCUT2D eigenvalue weighted by Gasteiger charge is 2.20. The van der Waals surface area contributed by atoms with Crippen LogP contribution in [0.4, 0.5) is 0 Å². The number of methoxy groups -OCH3 is 1. The molecule has 0 saturated carbocycles. The number of aromatic amines is 1. The van der Waals surface area contributed by atoms with E-state index in [0.717, 1.165) is 17.0 Å². The van der Waals surface area contributed by atoms with Crippen molar-refractivity contribution in [1.29, 1.82) is 0 Å². The van der Waals surface area contributed by atoms with E-state index in [2.05, 4.69) is 9.97 Å². The molecular formula is C18H19ClN3O3S+. The zero-order valence-corrected chi connectivity index (χ0v) is 16.3. The van der Waals surface area contributed by atoms with Gasteiger partial charge in [0.1, 0.15) is 22.8 Å². The number of quaternary nitrogens is 1. The summed E-state index contributed by atoms with van der Waals surface area (Å²) >= 11 is 7.21. The summed E-state index contributed by atoms with van der Waals surface area (Å²) in [5.74, 6) is 0.134. The summed E-state index contributed by atoms with van der Waals surface area (Å²) in [4.78, 5) is 33.8. The fourth-order valence-corrected chi connectivity index (χ4v) is 4.24. The number of thiophene rings is 1. The van der Waals surface area contributed by atoms with Crippen LogP contribution in [0.3, 0.4) is 0 Å². The number of esters is 1. The molecule has 8 heteroatoms. The highest BCUT2D eigenvalue weighted by Crippen LogP contribution is 2.27. The number of fused-ring (bicyclic) bond motifs is 1. The molecule has 1 aromatic carbocycles. The van der Waals surface area contributed by atoms with Gasteiger partial charge in [-0.2, -0.15) is 0 Å². The molecule has 0 fully saturated rings. The van der Waals surface area contributed by atoms with Gasteiger partial charge in [-0.25, -0.2) is 9.78 Å². The third kappa shape index (κ3) is 3.80. The molecule has 136 valence electrons. The van der Waals surface area contributed by atoms with E-state index in [1.165, 1.54) is 18.4 Å². The SMILES string of the molecule is COC(=O)c1sc2nc(C[NH+](C)Cc3cccc(Cl)c3)[nH]c(=O)c2c1C. The first-order valence-electron chi connectivity index (χ1n) is 8.05. The van der Waals surface area contributed by atoms with Crippen molar-refractivity contribution in [3.63, 3.8) is 0 Å². The van der Waals surface area contributed by atoms with E-state index < -0.39 is 5.97 Å². The number of ether oxygens (including phenoxy) is 1. The first-order chi connectivity index (χ1) is 12.4. The number of H-pyrrole nitrogens is 1. The fraction of sp³-hybridized carbons (Fsp3) is 0.278. The van der Waals surface area contributed by atoms with E-state index in [1.54, 1.807) is 6.92 Å². The molecule has 26 heavy (non-hydrogen) atoms. The molecule has 1 atom stereocenters. The molecular weight excluding hydrogens is 374 g/mol. The summed E-state index contributed by atoms with van der Waals surface area (Å²) in [6, 6.07) is 7.70. The second kappa shape index (κ2) is 7.57. The fourth-order valence-electron chi connectivity index (χ4n) is 2.90. The minimum atomic E-state index is -0.449. The van der Waals surface area contributed by atoms with Gasteiger partial charge in [0.05, 0.1) is 19.5 Å². The standard InChI is InChI=1S/C18H18ClN3O3S/c1-10-14-16(23)20-13(21-17(14)26-15(10)18(24)25-3)9-22(2)8-11-5-4-6-12(19)7-11/h4-7H,8-9H2,1-3H3,(H,20,21,23)/p+1. The normalized spacial score (nSPS) is 12.3. The van der Waals surface area contributed by atoms with Crippen LogP contribution in [-0.4, -0.2) is 30.1 Å². The lowest BCUT2D eigenvalue weighted by Crippen LogP contribution is -3.06. The summed E-state index contributed by atoms with van der Waals surface area (Å²) in [5, 5.41) is 1.15. The maximum Gasteiger partial charge on any atom is 0.348 e. The van der Waals surface area contributed by atoms with Gasteiger partial charge in [-0.3, -0.25) is 4.79 Å². The van der Waals surface area contributed by atoms with Gasteiger partial charge in [-0.15, -0.1) is 11.3 Å². The van der Waals surface area contributed by atoms with Crippen LogP contribution in [0.15, 0.2) is 29.1 Å². The van der Waals surface area contributed by atoms with Crippen molar-refractivity contribution in [3.05, 3.63) is 61.5 Å². The molecule has 0 amide bonds. The maximum absolute atomic E-state index is 12.5. The molecule has 0 aliphatic carbocycles. The number of halogens is 1. The van der Waals surface area contributed by atoms with Crippen LogP contribution in [0.2, 0.25) is 5.02 Å². The minimum Gasteiger partial charge on any atom is -0.465 e. The second-order valence-corrected chi connectivity index (χ2v) is 7.62. The first-order valence-corrected chi connectivity index (χ1v) is 9.25. The van der Waals surface area contributed by atoms with E-state index in [-0.39, 0.29) is 5.56 Å². The Balaban J connectivity index is 1.86. The van der Waals surface area contributed by atoms with Crippen LogP contribution in [0.5, 0.6) is 0 Å². The van der Waals surface area contributed by atoms with Gasteiger partial charge in [0, 0.05) is 10.6 Å². The Kier molecular flexibility index (Phi) is 5.41. The number of nitrogens with one attached hydrogen (secondary N) is 2. The predicted octanol–water partition coefficient (Wildman–Crippen LogP) is 1.95. The number of benzene rings is 1. The number of carbonyl (C=O) groups excluding carboxylic acids is 1. The summed E-state index contributed by atoms with van der Waals surface area (Å²) in [5.41, 5.74) is 1.49. The maximum atomic E-state index is 12.5. The lowest BCUT2D eigenvalue weighted by atomic mass is 10.2. The first kappa shape index (κ1) is 18.6. The Bertz CT molecular complexity index is 1030. The van der Waals surface area contributed by atoms with Crippen LogP contribution in [0.25, 0.3) is 10.2 Å². The Hall–Kier alpha value is -2.22. The Morgan fingerprint density at radius 2 is 2.15 bits per heavy atom. The van der Waals surface area contributed by atoms with Crippen molar-refractivity contribution in [1.82, 2.24) is 9.97 Å². The van der Waals surface area contributed by atoms with Gasteiger partial charge in [-0.1, -0.05) is 23.7 Å². The van der Waals surface area contributed by atoms with Gasteiger partial charge < -0.3 is 14.6 Å². The molecule has 0 radical (unpaired) electrons. The lowest BCUT2D eigenvalue weighted by molar-refractivity contribution is -0.908. The molecule has 0 aliphatic rings.